The van der Waals surface area contributed by atoms with Crippen LogP contribution in [0.15, 0.2) is 34.4 Å². The number of rotatable bonds is 4. The van der Waals surface area contributed by atoms with Crippen molar-refractivity contribution in [2.45, 2.75) is 4.34 Å². The van der Waals surface area contributed by atoms with Crippen molar-refractivity contribution < 1.29 is 5.11 Å². The Morgan fingerprint density at radius 1 is 1.32 bits per heavy atom. The SMILES string of the molecule is N#C/C(=C(/O)CSc1nnc(N)s1)c1nc2ccccc2s1. The summed E-state index contributed by atoms with van der Waals surface area (Å²) >= 11 is 3.89. The first kappa shape index (κ1) is 14.8. The Bertz CT molecular complexity index is 859. The van der Waals surface area contributed by atoms with Crippen molar-refractivity contribution in [3.8, 4) is 6.07 Å². The van der Waals surface area contributed by atoms with Crippen LogP contribution in [0.25, 0.3) is 15.8 Å². The summed E-state index contributed by atoms with van der Waals surface area (Å²) in [6, 6.07) is 9.63. The summed E-state index contributed by atoms with van der Waals surface area (Å²) in [4.78, 5) is 4.39. The fraction of sp³-hybridized carbons (Fsp3) is 0.0769. The number of hydrogen-bond donors (Lipinski definition) is 2. The van der Waals surface area contributed by atoms with Gasteiger partial charge in [-0.2, -0.15) is 5.26 Å². The van der Waals surface area contributed by atoms with Gasteiger partial charge in [-0.3, -0.25) is 0 Å². The number of nitrogen functional groups attached to an aromatic ring is 1. The summed E-state index contributed by atoms with van der Waals surface area (Å²) in [7, 11) is 0. The minimum Gasteiger partial charge on any atom is -0.510 e. The van der Waals surface area contributed by atoms with Crippen molar-refractivity contribution >= 4 is 55.4 Å². The van der Waals surface area contributed by atoms with E-state index in [0.29, 0.717) is 14.5 Å². The van der Waals surface area contributed by atoms with Gasteiger partial charge in [-0.05, 0) is 12.1 Å². The minimum atomic E-state index is -0.0275. The molecule has 3 rings (SSSR count). The van der Waals surface area contributed by atoms with Gasteiger partial charge in [0.1, 0.15) is 22.4 Å². The van der Waals surface area contributed by atoms with Gasteiger partial charge in [0.15, 0.2) is 4.34 Å². The second-order valence-electron chi connectivity index (χ2n) is 4.12. The highest BCUT2D eigenvalue weighted by Crippen LogP contribution is 2.30. The maximum atomic E-state index is 10.2. The van der Waals surface area contributed by atoms with E-state index >= 15 is 0 Å². The Balaban J connectivity index is 1.86. The van der Waals surface area contributed by atoms with E-state index in [0.717, 1.165) is 10.2 Å². The Labute approximate surface area is 137 Å². The van der Waals surface area contributed by atoms with Gasteiger partial charge in [-0.25, -0.2) is 4.98 Å². The van der Waals surface area contributed by atoms with E-state index in [1.807, 2.05) is 30.3 Å². The molecule has 0 spiro atoms. The van der Waals surface area contributed by atoms with Crippen LogP contribution in [0.4, 0.5) is 5.13 Å². The number of thioether (sulfide) groups is 1. The average molecular weight is 347 g/mol. The Hall–Kier alpha value is -2.15. The van der Waals surface area contributed by atoms with E-state index in [1.54, 1.807) is 0 Å². The zero-order valence-electron chi connectivity index (χ0n) is 11.1. The highest BCUT2D eigenvalue weighted by atomic mass is 32.2. The molecule has 0 bridgehead atoms. The number of hydrogen-bond acceptors (Lipinski definition) is 9. The van der Waals surface area contributed by atoms with Gasteiger partial charge < -0.3 is 10.8 Å². The zero-order valence-corrected chi connectivity index (χ0v) is 13.5. The molecule has 0 aliphatic rings. The summed E-state index contributed by atoms with van der Waals surface area (Å²) in [5, 5.41) is 27.9. The minimum absolute atomic E-state index is 0.0275. The molecule has 0 unspecified atom stereocenters. The second-order valence-corrected chi connectivity index (χ2v) is 7.38. The Morgan fingerprint density at radius 3 is 2.82 bits per heavy atom. The van der Waals surface area contributed by atoms with Crippen LogP contribution in [0, 0.1) is 11.3 Å². The largest absolute Gasteiger partial charge is 0.510 e. The van der Waals surface area contributed by atoms with Crippen LogP contribution in [0.2, 0.25) is 0 Å². The lowest BCUT2D eigenvalue weighted by molar-refractivity contribution is 0.421. The zero-order chi connectivity index (χ0) is 15.5. The molecule has 3 aromatic rings. The molecule has 110 valence electrons. The Kier molecular flexibility index (Phi) is 4.24. The highest BCUT2D eigenvalue weighted by Gasteiger charge is 2.14. The fourth-order valence-electron chi connectivity index (χ4n) is 1.70. The number of aliphatic hydroxyl groups is 1. The third-order valence-electron chi connectivity index (χ3n) is 2.66. The molecule has 22 heavy (non-hydrogen) atoms. The van der Waals surface area contributed by atoms with Gasteiger partial charge in [-0.15, -0.1) is 21.5 Å². The normalized spacial score (nSPS) is 12.1. The van der Waals surface area contributed by atoms with E-state index in [1.165, 1.54) is 34.4 Å². The predicted molar refractivity (Wildman–Crippen MR) is 89.8 cm³/mol. The summed E-state index contributed by atoms with van der Waals surface area (Å²) in [6.07, 6.45) is 0. The second kappa shape index (κ2) is 6.31. The van der Waals surface area contributed by atoms with Crippen molar-refractivity contribution in [3.05, 3.63) is 35.0 Å². The molecule has 2 heterocycles. The number of nitriles is 1. The van der Waals surface area contributed by atoms with E-state index in [-0.39, 0.29) is 17.1 Å². The van der Waals surface area contributed by atoms with E-state index in [9.17, 15) is 10.4 Å². The number of nitrogens with two attached hydrogens (primary N) is 1. The highest BCUT2D eigenvalue weighted by molar-refractivity contribution is 8.01. The van der Waals surface area contributed by atoms with Crippen molar-refractivity contribution in [3.63, 3.8) is 0 Å². The maximum absolute atomic E-state index is 10.2. The van der Waals surface area contributed by atoms with Gasteiger partial charge in [0.25, 0.3) is 0 Å². The van der Waals surface area contributed by atoms with E-state index in [2.05, 4.69) is 15.2 Å². The van der Waals surface area contributed by atoms with Gasteiger partial charge in [0, 0.05) is 0 Å². The van der Waals surface area contributed by atoms with Crippen LogP contribution < -0.4 is 5.73 Å². The molecule has 0 saturated carbocycles. The molecular formula is C13H9N5OS3. The lowest BCUT2D eigenvalue weighted by atomic mass is 10.2. The standard InChI is InChI=1S/C13H9N5OS3/c14-5-7(9(19)6-20-13-18-17-12(15)22-13)11-16-8-3-1-2-4-10(8)21-11/h1-4,19H,6H2,(H2,15,17)/b9-7-. The number of aromatic nitrogens is 3. The number of para-hydroxylation sites is 1. The summed E-state index contributed by atoms with van der Waals surface area (Å²) in [5.74, 6) is 0.188. The number of thiazole rings is 1. The lowest BCUT2D eigenvalue weighted by Gasteiger charge is -1.99. The molecule has 1 aromatic carbocycles. The number of anilines is 1. The van der Waals surface area contributed by atoms with Gasteiger partial charge in [0.2, 0.25) is 5.13 Å². The first-order valence-corrected chi connectivity index (χ1v) is 8.69. The Morgan fingerprint density at radius 2 is 2.14 bits per heavy atom. The van der Waals surface area contributed by atoms with Crippen LogP contribution in [-0.2, 0) is 0 Å². The number of allylic oxidation sites excluding steroid dienone is 1. The molecule has 0 radical (unpaired) electrons. The van der Waals surface area contributed by atoms with Crippen LogP contribution in [-0.4, -0.2) is 26.0 Å². The molecule has 0 aliphatic carbocycles. The molecule has 9 heteroatoms. The van der Waals surface area contributed by atoms with Crippen LogP contribution in [0.3, 0.4) is 0 Å². The summed E-state index contributed by atoms with van der Waals surface area (Å²) in [6.45, 7) is 0. The first-order chi connectivity index (χ1) is 10.7. The maximum Gasteiger partial charge on any atom is 0.203 e. The smallest absolute Gasteiger partial charge is 0.203 e. The average Bonchev–Trinajstić information content (AvgIpc) is 3.11. The predicted octanol–water partition coefficient (Wildman–Crippen LogP) is 3.31. The third-order valence-corrected chi connectivity index (χ3v) is 5.61. The quantitative estimate of drug-likeness (QED) is 0.423. The molecule has 0 fully saturated rings. The van der Waals surface area contributed by atoms with Gasteiger partial charge in [0.05, 0.1) is 16.0 Å². The number of aliphatic hydroxyl groups excluding tert-OH is 1. The van der Waals surface area contributed by atoms with Gasteiger partial charge in [-0.1, -0.05) is 35.2 Å². The molecule has 6 nitrogen and oxygen atoms in total. The molecule has 0 amide bonds. The molecule has 0 atom stereocenters. The van der Waals surface area contributed by atoms with Crippen LogP contribution in [0.5, 0.6) is 0 Å². The first-order valence-electron chi connectivity index (χ1n) is 6.07. The topological polar surface area (TPSA) is 109 Å². The molecule has 2 aromatic heterocycles. The molecular weight excluding hydrogens is 338 g/mol. The van der Waals surface area contributed by atoms with E-state index in [4.69, 9.17) is 5.73 Å². The number of nitrogens with zero attached hydrogens (tertiary/aromatic N) is 4. The van der Waals surface area contributed by atoms with Gasteiger partial charge >= 0.3 is 0 Å². The number of benzene rings is 1. The molecule has 0 aliphatic heterocycles. The van der Waals surface area contributed by atoms with E-state index < -0.39 is 0 Å². The summed E-state index contributed by atoms with van der Waals surface area (Å²) in [5.41, 5.74) is 6.50. The number of fused-ring (bicyclic) bond motifs is 1. The molecule has 0 saturated heterocycles. The van der Waals surface area contributed by atoms with Crippen molar-refractivity contribution in [1.29, 1.82) is 5.26 Å². The van der Waals surface area contributed by atoms with Crippen molar-refractivity contribution in [2.24, 2.45) is 0 Å². The lowest BCUT2D eigenvalue weighted by Crippen LogP contribution is -1.92. The van der Waals surface area contributed by atoms with Crippen LogP contribution >= 0.6 is 34.4 Å². The van der Waals surface area contributed by atoms with Crippen molar-refractivity contribution in [1.82, 2.24) is 15.2 Å². The monoisotopic (exact) mass is 347 g/mol. The third kappa shape index (κ3) is 3.04. The molecule has 3 N–H and O–H groups in total. The fourth-order valence-corrected chi connectivity index (χ4v) is 4.19. The van der Waals surface area contributed by atoms with Crippen molar-refractivity contribution in [2.75, 3.05) is 11.5 Å². The van der Waals surface area contributed by atoms with Crippen LogP contribution in [0.1, 0.15) is 5.01 Å². The summed E-state index contributed by atoms with van der Waals surface area (Å²) < 4.78 is 1.62.